The highest BCUT2D eigenvalue weighted by Crippen LogP contribution is 2.17. The van der Waals surface area contributed by atoms with Crippen LogP contribution in [0.3, 0.4) is 0 Å². The lowest BCUT2D eigenvalue weighted by molar-refractivity contribution is -0.121. The van der Waals surface area contributed by atoms with Gasteiger partial charge in [-0.2, -0.15) is 0 Å². The number of nitrogens with one attached hydrogen (secondary N) is 1. The van der Waals surface area contributed by atoms with Crippen LogP contribution < -0.4 is 10.5 Å². The lowest BCUT2D eigenvalue weighted by atomic mass is 10.1. The van der Waals surface area contributed by atoms with Crippen LogP contribution in [-0.2, 0) is 21.4 Å². The highest BCUT2D eigenvalue weighted by molar-refractivity contribution is 7.89. The summed E-state index contributed by atoms with van der Waals surface area (Å²) in [6.45, 7) is 2.45. The van der Waals surface area contributed by atoms with Crippen molar-refractivity contribution in [2.75, 3.05) is 0 Å². The molecule has 0 saturated heterocycles. The van der Waals surface area contributed by atoms with Crippen molar-refractivity contribution in [2.45, 2.75) is 30.8 Å². The average Bonchev–Trinajstić information content (AvgIpc) is 3.02. The van der Waals surface area contributed by atoms with E-state index in [4.69, 9.17) is 5.14 Å². The fourth-order valence-electron chi connectivity index (χ4n) is 2.90. The number of fused-ring (bicyclic) bond motifs is 1. The van der Waals surface area contributed by atoms with Gasteiger partial charge in [-0.1, -0.05) is 30.3 Å². The summed E-state index contributed by atoms with van der Waals surface area (Å²) in [6, 6.07) is 16.0. The van der Waals surface area contributed by atoms with E-state index in [0.717, 1.165) is 16.5 Å². The van der Waals surface area contributed by atoms with Gasteiger partial charge in [0.15, 0.2) is 0 Å². The Morgan fingerprint density at radius 2 is 1.81 bits per heavy atom. The van der Waals surface area contributed by atoms with Crippen LogP contribution in [0, 0.1) is 0 Å². The number of para-hydroxylation sites is 1. The topological polar surface area (TPSA) is 94.2 Å². The molecule has 1 heterocycles. The molecule has 1 amide bonds. The summed E-state index contributed by atoms with van der Waals surface area (Å²) in [6.07, 6.45) is 2.34. The maximum Gasteiger partial charge on any atom is 0.238 e. The minimum atomic E-state index is -3.71. The number of aryl methyl sites for hydroxylation is 1. The first kappa shape index (κ1) is 18.2. The Bertz CT molecular complexity index is 1020. The Morgan fingerprint density at radius 1 is 1.12 bits per heavy atom. The molecule has 6 nitrogen and oxygen atoms in total. The molecule has 1 atom stereocenters. The smallest absolute Gasteiger partial charge is 0.238 e. The van der Waals surface area contributed by atoms with Gasteiger partial charge in [-0.15, -0.1) is 0 Å². The van der Waals surface area contributed by atoms with Crippen molar-refractivity contribution in [3.8, 4) is 0 Å². The van der Waals surface area contributed by atoms with Gasteiger partial charge < -0.3 is 9.88 Å². The summed E-state index contributed by atoms with van der Waals surface area (Å²) < 4.78 is 24.6. The first-order valence-corrected chi connectivity index (χ1v) is 9.85. The van der Waals surface area contributed by atoms with Crippen LogP contribution in [0.1, 0.15) is 24.9 Å². The monoisotopic (exact) mass is 371 g/mol. The van der Waals surface area contributed by atoms with Crippen LogP contribution in [0.5, 0.6) is 0 Å². The third-order valence-electron chi connectivity index (χ3n) is 4.35. The number of nitrogens with two attached hydrogens (primary N) is 1. The third kappa shape index (κ3) is 4.12. The second-order valence-corrected chi connectivity index (χ2v) is 7.78. The van der Waals surface area contributed by atoms with E-state index in [2.05, 4.69) is 9.88 Å². The van der Waals surface area contributed by atoms with Gasteiger partial charge in [0, 0.05) is 24.7 Å². The average molecular weight is 371 g/mol. The van der Waals surface area contributed by atoms with E-state index >= 15 is 0 Å². The summed E-state index contributed by atoms with van der Waals surface area (Å²) in [4.78, 5) is 12.3. The molecule has 1 aromatic heterocycles. The molecule has 0 radical (unpaired) electrons. The molecular formula is C19H21N3O3S. The van der Waals surface area contributed by atoms with Gasteiger partial charge >= 0.3 is 0 Å². The van der Waals surface area contributed by atoms with Crippen LogP contribution in [0.15, 0.2) is 65.7 Å². The van der Waals surface area contributed by atoms with E-state index in [1.165, 1.54) is 12.1 Å². The van der Waals surface area contributed by atoms with Gasteiger partial charge in [0.2, 0.25) is 15.9 Å². The summed E-state index contributed by atoms with van der Waals surface area (Å²) in [7, 11) is -3.71. The predicted octanol–water partition coefficient (Wildman–Crippen LogP) is 2.56. The molecule has 3 aromatic rings. The second kappa shape index (κ2) is 7.31. The molecule has 0 unspecified atom stereocenters. The maximum atomic E-state index is 12.2. The van der Waals surface area contributed by atoms with Gasteiger partial charge in [0.25, 0.3) is 0 Å². The largest absolute Gasteiger partial charge is 0.350 e. The van der Waals surface area contributed by atoms with Gasteiger partial charge in [-0.3, -0.25) is 4.79 Å². The molecule has 0 aliphatic heterocycles. The zero-order chi connectivity index (χ0) is 18.7. The number of hydrogen-bond acceptors (Lipinski definition) is 3. The number of sulfonamides is 1. The minimum Gasteiger partial charge on any atom is -0.350 e. The van der Waals surface area contributed by atoms with Crippen LogP contribution in [0.25, 0.3) is 10.9 Å². The zero-order valence-corrected chi connectivity index (χ0v) is 15.2. The van der Waals surface area contributed by atoms with Gasteiger partial charge in [0.1, 0.15) is 0 Å². The molecule has 136 valence electrons. The molecule has 0 aliphatic rings. The Kier molecular flexibility index (Phi) is 5.11. The Balaban J connectivity index is 1.59. The lowest BCUT2D eigenvalue weighted by Crippen LogP contribution is -2.27. The van der Waals surface area contributed by atoms with Crippen molar-refractivity contribution >= 4 is 26.8 Å². The Labute approximate surface area is 152 Å². The van der Waals surface area contributed by atoms with Crippen molar-refractivity contribution in [3.63, 3.8) is 0 Å². The number of hydrogen-bond donors (Lipinski definition) is 2. The molecule has 0 fully saturated rings. The van der Waals surface area contributed by atoms with E-state index in [1.54, 1.807) is 12.1 Å². The van der Waals surface area contributed by atoms with Gasteiger partial charge in [-0.25, -0.2) is 13.6 Å². The van der Waals surface area contributed by atoms with Crippen LogP contribution in [0.4, 0.5) is 0 Å². The number of primary sulfonamides is 1. The lowest BCUT2D eigenvalue weighted by Gasteiger charge is -2.15. The van der Waals surface area contributed by atoms with E-state index < -0.39 is 10.0 Å². The molecule has 0 aliphatic carbocycles. The first-order valence-electron chi connectivity index (χ1n) is 8.30. The van der Waals surface area contributed by atoms with Crippen molar-refractivity contribution in [3.05, 3.63) is 66.4 Å². The summed E-state index contributed by atoms with van der Waals surface area (Å²) in [5.41, 5.74) is 1.92. The standard InChI is InChI=1S/C19H21N3O3S/c1-14(15-6-8-17(9-7-15)26(20,24)25)21-19(23)11-13-22-12-10-16-4-2-3-5-18(16)22/h2-10,12,14H,11,13H2,1H3,(H,21,23)(H2,20,24,25)/t14-/m1/s1. The predicted molar refractivity (Wildman–Crippen MR) is 101 cm³/mol. The Hall–Kier alpha value is -2.64. The van der Waals surface area contributed by atoms with E-state index in [0.29, 0.717) is 13.0 Å². The molecule has 0 saturated carbocycles. The summed E-state index contributed by atoms with van der Waals surface area (Å²) >= 11 is 0. The summed E-state index contributed by atoms with van der Waals surface area (Å²) in [5, 5.41) is 9.17. The fraction of sp³-hybridized carbons (Fsp3) is 0.211. The number of nitrogens with zero attached hydrogens (tertiary/aromatic N) is 1. The van der Waals surface area contributed by atoms with Crippen molar-refractivity contribution < 1.29 is 13.2 Å². The molecule has 26 heavy (non-hydrogen) atoms. The van der Waals surface area contributed by atoms with Crippen molar-refractivity contribution in [1.82, 2.24) is 9.88 Å². The van der Waals surface area contributed by atoms with Crippen molar-refractivity contribution in [1.29, 1.82) is 0 Å². The molecule has 0 bridgehead atoms. The number of amides is 1. The van der Waals surface area contributed by atoms with E-state index in [9.17, 15) is 13.2 Å². The van der Waals surface area contributed by atoms with Crippen LogP contribution >= 0.6 is 0 Å². The summed E-state index contributed by atoms with van der Waals surface area (Å²) in [5.74, 6) is -0.0641. The number of aromatic nitrogens is 1. The van der Waals surface area contributed by atoms with Gasteiger partial charge in [0.05, 0.1) is 10.9 Å². The van der Waals surface area contributed by atoms with Crippen LogP contribution in [-0.4, -0.2) is 18.9 Å². The zero-order valence-electron chi connectivity index (χ0n) is 14.4. The highest BCUT2D eigenvalue weighted by Gasteiger charge is 2.12. The quantitative estimate of drug-likeness (QED) is 0.697. The maximum absolute atomic E-state index is 12.2. The SMILES string of the molecule is C[C@@H](NC(=O)CCn1ccc2ccccc21)c1ccc(S(N)(=O)=O)cc1. The number of benzene rings is 2. The highest BCUT2D eigenvalue weighted by atomic mass is 32.2. The minimum absolute atomic E-state index is 0.0549. The second-order valence-electron chi connectivity index (χ2n) is 6.22. The number of carbonyl (C=O) groups is 1. The molecule has 3 N–H and O–H groups in total. The number of carbonyl (C=O) groups excluding carboxylic acids is 1. The van der Waals surface area contributed by atoms with Gasteiger partial charge in [-0.05, 0) is 42.1 Å². The molecule has 0 spiro atoms. The fourth-order valence-corrected chi connectivity index (χ4v) is 3.42. The first-order chi connectivity index (χ1) is 12.3. The van der Waals surface area contributed by atoms with Crippen molar-refractivity contribution in [2.24, 2.45) is 5.14 Å². The molecule has 7 heteroatoms. The normalized spacial score (nSPS) is 12.8. The van der Waals surface area contributed by atoms with Crippen LogP contribution in [0.2, 0.25) is 0 Å². The molecular weight excluding hydrogens is 350 g/mol. The van der Waals surface area contributed by atoms with E-state index in [1.807, 2.05) is 43.5 Å². The van der Waals surface area contributed by atoms with E-state index in [-0.39, 0.29) is 16.8 Å². The Morgan fingerprint density at radius 3 is 2.50 bits per heavy atom. The third-order valence-corrected chi connectivity index (χ3v) is 5.28. The number of rotatable bonds is 6. The molecule has 2 aromatic carbocycles. The molecule has 3 rings (SSSR count).